The van der Waals surface area contributed by atoms with E-state index in [4.69, 9.17) is 14.2 Å². The van der Waals surface area contributed by atoms with Crippen LogP contribution in [-0.4, -0.2) is 24.8 Å². The molecule has 3 aliphatic carbocycles. The molecule has 0 radical (unpaired) electrons. The Hall–Kier alpha value is -2.53. The molecule has 2 bridgehead atoms. The summed E-state index contributed by atoms with van der Waals surface area (Å²) in [5, 5.41) is 11.1. The van der Waals surface area contributed by atoms with Crippen LogP contribution in [0.5, 0.6) is 11.5 Å². The maximum absolute atomic E-state index is 12.9. The smallest absolute Gasteiger partial charge is 0.231 e. The minimum Gasteiger partial charge on any atom is -0.500 e. The van der Waals surface area contributed by atoms with Crippen LogP contribution >= 0.6 is 0 Å². The summed E-state index contributed by atoms with van der Waals surface area (Å²) in [7, 11) is 1.56. The largest absolute Gasteiger partial charge is 0.500 e. The van der Waals surface area contributed by atoms with E-state index in [1.165, 1.54) is 0 Å². The van der Waals surface area contributed by atoms with Gasteiger partial charge in [0.05, 0.1) is 19.1 Å². The maximum Gasteiger partial charge on any atom is 0.231 e. The molecule has 1 aliphatic heterocycles. The van der Waals surface area contributed by atoms with Gasteiger partial charge in [-0.3, -0.25) is 4.79 Å². The monoisotopic (exact) mass is 340 g/mol. The predicted molar refractivity (Wildman–Crippen MR) is 91.1 cm³/mol. The van der Waals surface area contributed by atoms with Crippen molar-refractivity contribution in [2.45, 2.75) is 19.4 Å². The zero-order valence-corrected chi connectivity index (χ0v) is 14.2. The summed E-state index contributed by atoms with van der Waals surface area (Å²) in [5.41, 5.74) is 1.56. The fourth-order valence-corrected chi connectivity index (χ4v) is 4.10. The lowest BCUT2D eigenvalue weighted by atomic mass is 9.51. The molecule has 5 nitrogen and oxygen atoms in total. The molecule has 1 N–H and O–H groups in total. The minimum atomic E-state index is -0.855. The normalized spacial score (nSPS) is 27.6. The molecular formula is C20H20O5. The van der Waals surface area contributed by atoms with Gasteiger partial charge in [0.15, 0.2) is 17.3 Å². The summed E-state index contributed by atoms with van der Waals surface area (Å²) < 4.78 is 16.2. The van der Waals surface area contributed by atoms with Crippen molar-refractivity contribution in [2.75, 3.05) is 13.9 Å². The fourth-order valence-electron chi connectivity index (χ4n) is 4.10. The number of methoxy groups -OCH3 is 1. The van der Waals surface area contributed by atoms with Crippen molar-refractivity contribution in [3.63, 3.8) is 0 Å². The van der Waals surface area contributed by atoms with E-state index in [-0.39, 0.29) is 12.6 Å². The standard InChI is InChI=1S/C20H20O5/c1-4-5-11-8-13-18(23-3)16(17(11)21)20(13,2)19(22)12-6-7-14-15(9-12)25-10-24-14/h4,6-9,16,19,22H,1,5,10H2,2-3H3. The van der Waals surface area contributed by atoms with Gasteiger partial charge in [0.25, 0.3) is 0 Å². The van der Waals surface area contributed by atoms with Gasteiger partial charge in [0.1, 0.15) is 5.76 Å². The van der Waals surface area contributed by atoms with Gasteiger partial charge in [0, 0.05) is 16.6 Å². The van der Waals surface area contributed by atoms with Crippen LogP contribution in [-0.2, 0) is 9.53 Å². The first-order chi connectivity index (χ1) is 12.0. The first-order valence-corrected chi connectivity index (χ1v) is 8.24. The Morgan fingerprint density at radius 3 is 2.88 bits per heavy atom. The average Bonchev–Trinajstić information content (AvgIpc) is 3.08. The van der Waals surface area contributed by atoms with Crippen LogP contribution in [0, 0.1) is 11.3 Å². The van der Waals surface area contributed by atoms with Crippen molar-refractivity contribution in [3.8, 4) is 11.5 Å². The second-order valence-electron chi connectivity index (χ2n) is 6.74. The fraction of sp³-hybridized carbons (Fsp3) is 0.350. The molecule has 0 spiro atoms. The Morgan fingerprint density at radius 1 is 1.44 bits per heavy atom. The number of aliphatic hydroxyl groups is 1. The third-order valence-corrected chi connectivity index (χ3v) is 5.47. The number of hydrogen-bond acceptors (Lipinski definition) is 5. The number of ketones is 1. The molecule has 25 heavy (non-hydrogen) atoms. The lowest BCUT2D eigenvalue weighted by Gasteiger charge is -2.53. The van der Waals surface area contributed by atoms with E-state index in [1.807, 2.05) is 19.1 Å². The van der Waals surface area contributed by atoms with Gasteiger partial charge in [-0.2, -0.15) is 0 Å². The number of rotatable bonds is 5. The third-order valence-electron chi connectivity index (χ3n) is 5.47. The molecule has 1 aromatic carbocycles. The average molecular weight is 340 g/mol. The SMILES string of the molecule is C=CCC1=CC2=C(OC)C(C1=O)C2(C)C(O)c1ccc2c(c1)OCO2. The van der Waals surface area contributed by atoms with Crippen LogP contribution in [0.2, 0.25) is 0 Å². The summed E-state index contributed by atoms with van der Waals surface area (Å²) in [6.45, 7) is 5.79. The molecular weight excluding hydrogens is 320 g/mol. The molecule has 0 saturated carbocycles. The van der Waals surface area contributed by atoms with Gasteiger partial charge in [-0.25, -0.2) is 0 Å². The highest BCUT2D eigenvalue weighted by atomic mass is 16.7. The van der Waals surface area contributed by atoms with Gasteiger partial charge in [-0.1, -0.05) is 19.1 Å². The van der Waals surface area contributed by atoms with Crippen molar-refractivity contribution in [2.24, 2.45) is 11.3 Å². The second-order valence-corrected chi connectivity index (χ2v) is 6.74. The van der Waals surface area contributed by atoms with E-state index in [2.05, 4.69) is 6.58 Å². The Morgan fingerprint density at radius 2 is 2.20 bits per heavy atom. The summed E-state index contributed by atoms with van der Waals surface area (Å²) in [6, 6.07) is 5.37. The molecule has 4 aliphatic rings. The highest BCUT2D eigenvalue weighted by Crippen LogP contribution is 2.62. The number of carbonyl (C=O) groups excluding carboxylic acids is 1. The van der Waals surface area contributed by atoms with Gasteiger partial charge < -0.3 is 19.3 Å². The van der Waals surface area contributed by atoms with E-state index < -0.39 is 17.4 Å². The van der Waals surface area contributed by atoms with Gasteiger partial charge in [-0.15, -0.1) is 6.58 Å². The summed E-state index contributed by atoms with van der Waals surface area (Å²) in [5.74, 6) is 1.44. The molecule has 1 heterocycles. The Bertz CT molecular complexity index is 834. The highest BCUT2D eigenvalue weighted by Gasteiger charge is 2.61. The number of fused-ring (bicyclic) bond motifs is 2. The first kappa shape index (κ1) is 16.0. The zero-order chi connectivity index (χ0) is 17.8. The maximum atomic E-state index is 12.9. The quantitative estimate of drug-likeness (QED) is 0.835. The molecule has 3 unspecified atom stereocenters. The number of hydrogen-bond donors (Lipinski definition) is 1. The molecule has 5 rings (SSSR count). The lowest BCUT2D eigenvalue weighted by Crippen LogP contribution is -2.52. The number of aliphatic hydroxyl groups excluding tert-OH is 1. The van der Waals surface area contributed by atoms with Crippen LogP contribution in [0.4, 0.5) is 0 Å². The summed E-state index contributed by atoms with van der Waals surface area (Å²) >= 11 is 0. The highest BCUT2D eigenvalue weighted by molar-refractivity contribution is 6.04. The van der Waals surface area contributed by atoms with Gasteiger partial charge in [0.2, 0.25) is 6.79 Å². The number of benzene rings is 1. The van der Waals surface area contributed by atoms with Crippen LogP contribution in [0.15, 0.2) is 53.8 Å². The van der Waals surface area contributed by atoms with Crippen molar-refractivity contribution in [3.05, 3.63) is 59.4 Å². The van der Waals surface area contributed by atoms with Crippen molar-refractivity contribution >= 4 is 5.78 Å². The molecule has 130 valence electrons. The number of ether oxygens (including phenoxy) is 3. The molecule has 0 aromatic heterocycles. The van der Waals surface area contributed by atoms with Crippen molar-refractivity contribution in [1.82, 2.24) is 0 Å². The van der Waals surface area contributed by atoms with E-state index in [9.17, 15) is 9.90 Å². The lowest BCUT2D eigenvalue weighted by molar-refractivity contribution is -0.130. The number of Topliss-reactive ketones (excluding diaryl/α,β-unsaturated/α-hetero) is 1. The molecule has 5 heteroatoms. The van der Waals surface area contributed by atoms with Crippen LogP contribution in [0.3, 0.4) is 0 Å². The zero-order valence-electron chi connectivity index (χ0n) is 14.2. The van der Waals surface area contributed by atoms with Gasteiger partial charge in [-0.05, 0) is 30.2 Å². The Balaban J connectivity index is 1.74. The number of carbonyl (C=O) groups is 1. The van der Waals surface area contributed by atoms with Crippen molar-refractivity contribution in [1.29, 1.82) is 0 Å². The first-order valence-electron chi connectivity index (χ1n) is 8.24. The third kappa shape index (κ3) is 2.02. The Labute approximate surface area is 146 Å². The van der Waals surface area contributed by atoms with Crippen molar-refractivity contribution < 1.29 is 24.1 Å². The van der Waals surface area contributed by atoms with Gasteiger partial charge >= 0.3 is 0 Å². The van der Waals surface area contributed by atoms with Crippen LogP contribution in [0.1, 0.15) is 25.0 Å². The van der Waals surface area contributed by atoms with E-state index in [0.29, 0.717) is 34.8 Å². The molecule has 3 atom stereocenters. The van der Waals surface area contributed by atoms with E-state index >= 15 is 0 Å². The topological polar surface area (TPSA) is 65.0 Å². The van der Waals surface area contributed by atoms with E-state index in [0.717, 1.165) is 5.57 Å². The second kappa shape index (κ2) is 5.49. The predicted octanol–water partition coefficient (Wildman–Crippen LogP) is 3.07. The molecule has 0 saturated heterocycles. The Kier molecular flexibility index (Phi) is 3.51. The molecule has 0 amide bonds. The minimum absolute atomic E-state index is 0.00552. The molecule has 1 aromatic rings. The van der Waals surface area contributed by atoms with Crippen LogP contribution in [0.25, 0.3) is 0 Å². The van der Waals surface area contributed by atoms with E-state index in [1.54, 1.807) is 25.3 Å². The summed E-state index contributed by atoms with van der Waals surface area (Å²) in [4.78, 5) is 12.9. The molecule has 0 fully saturated rings. The number of allylic oxidation sites excluding steroid dienone is 4. The summed E-state index contributed by atoms with van der Waals surface area (Å²) in [6.07, 6.45) is 3.23. The van der Waals surface area contributed by atoms with Crippen LogP contribution < -0.4 is 9.47 Å².